The lowest BCUT2D eigenvalue weighted by Crippen LogP contribution is -2.18. The van der Waals surface area contributed by atoms with E-state index in [2.05, 4.69) is 23.3 Å². The Labute approximate surface area is 102 Å². The Balaban J connectivity index is 1.98. The summed E-state index contributed by atoms with van der Waals surface area (Å²) in [5, 5.41) is 4.41. The zero-order valence-electron chi connectivity index (χ0n) is 10.1. The van der Waals surface area contributed by atoms with Gasteiger partial charge in [0.05, 0.1) is 18.7 Å². The predicted molar refractivity (Wildman–Crippen MR) is 69.9 cm³/mol. The van der Waals surface area contributed by atoms with E-state index in [-0.39, 0.29) is 0 Å². The van der Waals surface area contributed by atoms with Crippen LogP contribution in [0.25, 0.3) is 10.9 Å². The molecule has 3 heteroatoms. The van der Waals surface area contributed by atoms with Crippen LogP contribution >= 0.6 is 0 Å². The Morgan fingerprint density at radius 1 is 1.24 bits per heavy atom. The van der Waals surface area contributed by atoms with Crippen molar-refractivity contribution in [3.05, 3.63) is 42.1 Å². The van der Waals surface area contributed by atoms with Gasteiger partial charge in [0, 0.05) is 18.1 Å². The summed E-state index contributed by atoms with van der Waals surface area (Å²) in [6.45, 7) is 5.37. The SMILES string of the molecule is CCNCCOCc1ccnc2ccccc12. The summed E-state index contributed by atoms with van der Waals surface area (Å²) in [4.78, 5) is 4.33. The third-order valence-corrected chi connectivity index (χ3v) is 2.67. The predicted octanol–water partition coefficient (Wildman–Crippen LogP) is 2.36. The molecule has 1 aromatic carbocycles. The molecule has 0 aliphatic rings. The van der Waals surface area contributed by atoms with Crippen LogP contribution in [0.3, 0.4) is 0 Å². The number of benzene rings is 1. The second-order valence-electron chi connectivity index (χ2n) is 3.89. The minimum Gasteiger partial charge on any atom is -0.375 e. The summed E-state index contributed by atoms with van der Waals surface area (Å²) in [5.41, 5.74) is 2.23. The fourth-order valence-electron chi connectivity index (χ4n) is 1.78. The van der Waals surface area contributed by atoms with Crippen LogP contribution in [0.4, 0.5) is 0 Å². The molecule has 3 nitrogen and oxygen atoms in total. The highest BCUT2D eigenvalue weighted by Crippen LogP contribution is 2.16. The monoisotopic (exact) mass is 230 g/mol. The van der Waals surface area contributed by atoms with Gasteiger partial charge in [0.2, 0.25) is 0 Å². The van der Waals surface area contributed by atoms with Gasteiger partial charge in [-0.25, -0.2) is 0 Å². The molecule has 0 fully saturated rings. The Morgan fingerprint density at radius 2 is 2.12 bits per heavy atom. The van der Waals surface area contributed by atoms with Crippen molar-refractivity contribution in [2.24, 2.45) is 0 Å². The summed E-state index contributed by atoms with van der Waals surface area (Å²) in [5.74, 6) is 0. The average Bonchev–Trinajstić information content (AvgIpc) is 2.39. The standard InChI is InChI=1S/C14H18N2O/c1-2-15-9-10-17-11-12-7-8-16-14-6-4-3-5-13(12)14/h3-8,15H,2,9-11H2,1H3. The third-order valence-electron chi connectivity index (χ3n) is 2.67. The van der Waals surface area contributed by atoms with Crippen LogP contribution in [0.5, 0.6) is 0 Å². The van der Waals surface area contributed by atoms with Gasteiger partial charge in [-0.1, -0.05) is 25.1 Å². The van der Waals surface area contributed by atoms with Crippen molar-refractivity contribution in [2.45, 2.75) is 13.5 Å². The molecule has 0 bridgehead atoms. The number of nitrogens with zero attached hydrogens (tertiary/aromatic N) is 1. The number of ether oxygens (including phenoxy) is 1. The summed E-state index contributed by atoms with van der Waals surface area (Å²) in [6.07, 6.45) is 1.84. The molecule has 0 saturated heterocycles. The van der Waals surface area contributed by atoms with Gasteiger partial charge in [-0.2, -0.15) is 0 Å². The summed E-state index contributed by atoms with van der Waals surface area (Å²) in [7, 11) is 0. The highest BCUT2D eigenvalue weighted by Gasteiger charge is 2.00. The molecule has 0 unspecified atom stereocenters. The first-order valence-electron chi connectivity index (χ1n) is 6.03. The normalized spacial score (nSPS) is 10.9. The van der Waals surface area contributed by atoms with E-state index in [0.717, 1.165) is 25.2 Å². The lowest BCUT2D eigenvalue weighted by Gasteiger charge is -2.07. The van der Waals surface area contributed by atoms with Gasteiger partial charge >= 0.3 is 0 Å². The van der Waals surface area contributed by atoms with Crippen molar-refractivity contribution < 1.29 is 4.74 Å². The molecule has 0 radical (unpaired) electrons. The number of aromatic nitrogens is 1. The van der Waals surface area contributed by atoms with Gasteiger partial charge < -0.3 is 10.1 Å². The molecule has 1 aromatic heterocycles. The van der Waals surface area contributed by atoms with E-state index in [1.165, 1.54) is 10.9 Å². The first kappa shape index (κ1) is 12.0. The van der Waals surface area contributed by atoms with E-state index in [1.807, 2.05) is 30.5 Å². The Hall–Kier alpha value is -1.45. The molecule has 0 atom stereocenters. The molecule has 1 N–H and O–H groups in total. The molecule has 0 saturated carbocycles. The van der Waals surface area contributed by atoms with Crippen LogP contribution in [-0.2, 0) is 11.3 Å². The second kappa shape index (κ2) is 6.33. The summed E-state index contributed by atoms with van der Waals surface area (Å²) in [6, 6.07) is 10.2. The molecule has 90 valence electrons. The first-order chi connectivity index (χ1) is 8.42. The highest BCUT2D eigenvalue weighted by atomic mass is 16.5. The maximum Gasteiger partial charge on any atom is 0.0724 e. The van der Waals surface area contributed by atoms with Crippen LogP contribution < -0.4 is 5.32 Å². The zero-order chi connectivity index (χ0) is 11.9. The number of para-hydroxylation sites is 1. The number of hydrogen-bond donors (Lipinski definition) is 1. The molecule has 2 aromatic rings. The molecule has 0 aliphatic heterocycles. The summed E-state index contributed by atoms with van der Waals surface area (Å²) < 4.78 is 5.64. The maximum absolute atomic E-state index is 5.64. The second-order valence-corrected chi connectivity index (χ2v) is 3.89. The zero-order valence-corrected chi connectivity index (χ0v) is 10.1. The van der Waals surface area contributed by atoms with Gasteiger partial charge in [0.15, 0.2) is 0 Å². The fraction of sp³-hybridized carbons (Fsp3) is 0.357. The van der Waals surface area contributed by atoms with Crippen molar-refractivity contribution in [1.82, 2.24) is 10.3 Å². The van der Waals surface area contributed by atoms with E-state index in [0.29, 0.717) is 6.61 Å². The van der Waals surface area contributed by atoms with Gasteiger partial charge in [-0.3, -0.25) is 4.98 Å². The van der Waals surface area contributed by atoms with E-state index < -0.39 is 0 Å². The maximum atomic E-state index is 5.64. The van der Waals surface area contributed by atoms with Crippen LogP contribution in [0.1, 0.15) is 12.5 Å². The third kappa shape index (κ3) is 3.25. The molecular weight excluding hydrogens is 212 g/mol. The number of nitrogens with one attached hydrogen (secondary N) is 1. The van der Waals surface area contributed by atoms with Crippen molar-refractivity contribution >= 4 is 10.9 Å². The number of hydrogen-bond acceptors (Lipinski definition) is 3. The Kier molecular flexibility index (Phi) is 4.47. The quantitative estimate of drug-likeness (QED) is 0.774. The highest BCUT2D eigenvalue weighted by molar-refractivity contribution is 5.81. The van der Waals surface area contributed by atoms with E-state index >= 15 is 0 Å². The van der Waals surface area contributed by atoms with E-state index in [4.69, 9.17) is 4.74 Å². The van der Waals surface area contributed by atoms with Gasteiger partial charge in [0.25, 0.3) is 0 Å². The minimum atomic E-state index is 0.647. The van der Waals surface area contributed by atoms with Gasteiger partial charge in [-0.15, -0.1) is 0 Å². The Bertz CT molecular complexity index is 465. The average molecular weight is 230 g/mol. The van der Waals surface area contributed by atoms with Crippen LogP contribution in [0, 0.1) is 0 Å². The molecule has 1 heterocycles. The van der Waals surface area contributed by atoms with Crippen LogP contribution in [0.2, 0.25) is 0 Å². The van der Waals surface area contributed by atoms with Crippen LogP contribution in [0.15, 0.2) is 36.5 Å². The van der Waals surface area contributed by atoms with Crippen molar-refractivity contribution in [3.63, 3.8) is 0 Å². The van der Waals surface area contributed by atoms with Crippen LogP contribution in [-0.4, -0.2) is 24.7 Å². The van der Waals surface area contributed by atoms with Crippen molar-refractivity contribution in [3.8, 4) is 0 Å². The lowest BCUT2D eigenvalue weighted by atomic mass is 10.1. The fourth-order valence-corrected chi connectivity index (χ4v) is 1.78. The molecule has 2 rings (SSSR count). The summed E-state index contributed by atoms with van der Waals surface area (Å²) >= 11 is 0. The molecular formula is C14H18N2O. The Morgan fingerprint density at radius 3 is 3.00 bits per heavy atom. The first-order valence-corrected chi connectivity index (χ1v) is 6.03. The van der Waals surface area contributed by atoms with Gasteiger partial charge in [-0.05, 0) is 24.2 Å². The van der Waals surface area contributed by atoms with Gasteiger partial charge in [0.1, 0.15) is 0 Å². The number of pyridine rings is 1. The lowest BCUT2D eigenvalue weighted by molar-refractivity contribution is 0.124. The molecule has 0 aliphatic carbocycles. The number of likely N-dealkylation sites (N-methyl/N-ethyl adjacent to an activating group) is 1. The molecule has 0 spiro atoms. The largest absolute Gasteiger partial charge is 0.375 e. The van der Waals surface area contributed by atoms with E-state index in [9.17, 15) is 0 Å². The topological polar surface area (TPSA) is 34.1 Å². The number of fused-ring (bicyclic) bond motifs is 1. The van der Waals surface area contributed by atoms with E-state index in [1.54, 1.807) is 0 Å². The molecule has 0 amide bonds. The smallest absolute Gasteiger partial charge is 0.0724 e. The molecule has 17 heavy (non-hydrogen) atoms. The van der Waals surface area contributed by atoms with Crippen molar-refractivity contribution in [1.29, 1.82) is 0 Å². The number of rotatable bonds is 6. The van der Waals surface area contributed by atoms with Crippen molar-refractivity contribution in [2.75, 3.05) is 19.7 Å². The minimum absolute atomic E-state index is 0.647.